The van der Waals surface area contributed by atoms with E-state index in [0.29, 0.717) is 40.9 Å². The summed E-state index contributed by atoms with van der Waals surface area (Å²) < 4.78 is 45.6. The number of amides is 1. The predicted octanol–water partition coefficient (Wildman–Crippen LogP) is 3.01. The number of para-hydroxylation sites is 1. The van der Waals surface area contributed by atoms with Gasteiger partial charge in [-0.25, -0.2) is 18.1 Å². The van der Waals surface area contributed by atoms with Gasteiger partial charge in [-0.3, -0.25) is 9.36 Å². The largest absolute Gasteiger partial charge is 0.494 e. The van der Waals surface area contributed by atoms with Crippen molar-refractivity contribution >= 4 is 15.9 Å². The van der Waals surface area contributed by atoms with Crippen LogP contribution in [0.1, 0.15) is 23.1 Å². The molecule has 11 nitrogen and oxygen atoms in total. The Balaban J connectivity index is 1.84. The van der Waals surface area contributed by atoms with E-state index in [1.165, 1.54) is 18.8 Å². The van der Waals surface area contributed by atoms with Gasteiger partial charge in [0.25, 0.3) is 0 Å². The molecule has 4 aromatic rings. The molecule has 0 saturated heterocycles. The number of aromatic nitrogens is 4. The summed E-state index contributed by atoms with van der Waals surface area (Å²) in [5.41, 5.74) is 1.15. The SMILES string of the molecule is CCOc1cccc(-c2nnc(C(=O)NS(=O)(=O)Cc3ccccc3)n2-c2c(OC)cccc2OC)n1. The van der Waals surface area contributed by atoms with E-state index in [4.69, 9.17) is 14.2 Å². The maximum atomic E-state index is 13.3. The number of sulfonamides is 1. The second-order valence-electron chi connectivity index (χ2n) is 7.66. The van der Waals surface area contributed by atoms with Gasteiger partial charge >= 0.3 is 5.91 Å². The van der Waals surface area contributed by atoms with Crippen molar-refractivity contribution in [1.82, 2.24) is 24.5 Å². The van der Waals surface area contributed by atoms with Gasteiger partial charge in [-0.2, -0.15) is 0 Å². The van der Waals surface area contributed by atoms with Gasteiger partial charge in [0, 0.05) is 6.07 Å². The molecule has 0 radical (unpaired) electrons. The van der Waals surface area contributed by atoms with Crippen LogP contribution in [0.5, 0.6) is 17.4 Å². The molecule has 37 heavy (non-hydrogen) atoms. The Morgan fingerprint density at radius 2 is 1.59 bits per heavy atom. The van der Waals surface area contributed by atoms with E-state index in [2.05, 4.69) is 19.9 Å². The van der Waals surface area contributed by atoms with Crippen LogP contribution in [0.15, 0.2) is 66.7 Å². The van der Waals surface area contributed by atoms with Crippen LogP contribution >= 0.6 is 0 Å². The van der Waals surface area contributed by atoms with Crippen LogP contribution in [0.25, 0.3) is 17.2 Å². The molecule has 2 aromatic carbocycles. The molecule has 1 N–H and O–H groups in total. The summed E-state index contributed by atoms with van der Waals surface area (Å²) in [6, 6.07) is 18.6. The molecule has 0 unspecified atom stereocenters. The number of methoxy groups -OCH3 is 2. The molecular formula is C25H25N5O6S. The third kappa shape index (κ3) is 5.70. The average molecular weight is 524 g/mol. The fraction of sp³-hybridized carbons (Fsp3) is 0.200. The Labute approximate surface area is 214 Å². The molecule has 12 heteroatoms. The number of nitrogens with zero attached hydrogens (tertiary/aromatic N) is 4. The lowest BCUT2D eigenvalue weighted by atomic mass is 10.2. The van der Waals surface area contributed by atoms with Gasteiger partial charge in [0.05, 0.1) is 26.6 Å². The quantitative estimate of drug-likeness (QED) is 0.333. The standard InChI is InChI=1S/C25H25N5O6S/c1-4-36-21-15-8-12-18(26-21)23-27-28-24(30(23)22-19(34-2)13-9-14-20(22)35-3)25(31)29-37(32,33)16-17-10-6-5-7-11-17/h5-15H,4,16H2,1-3H3,(H,29,31). The monoisotopic (exact) mass is 523 g/mol. The van der Waals surface area contributed by atoms with Crippen molar-refractivity contribution in [3.05, 3.63) is 78.1 Å². The van der Waals surface area contributed by atoms with E-state index in [0.717, 1.165) is 0 Å². The second-order valence-corrected chi connectivity index (χ2v) is 9.39. The average Bonchev–Trinajstić information content (AvgIpc) is 3.33. The zero-order chi connectivity index (χ0) is 26.4. The highest BCUT2D eigenvalue weighted by atomic mass is 32.2. The Morgan fingerprint density at radius 1 is 0.919 bits per heavy atom. The number of carbonyl (C=O) groups excluding carboxylic acids is 1. The summed E-state index contributed by atoms with van der Waals surface area (Å²) in [4.78, 5) is 17.8. The van der Waals surface area contributed by atoms with Crippen LogP contribution in [0.2, 0.25) is 0 Å². The minimum atomic E-state index is -4.06. The van der Waals surface area contributed by atoms with Crippen molar-refractivity contribution in [3.63, 3.8) is 0 Å². The van der Waals surface area contributed by atoms with Crippen LogP contribution in [0.4, 0.5) is 0 Å². The molecule has 2 heterocycles. The topological polar surface area (TPSA) is 135 Å². The number of nitrogens with one attached hydrogen (secondary N) is 1. The van der Waals surface area contributed by atoms with Gasteiger partial charge in [0.2, 0.25) is 21.7 Å². The van der Waals surface area contributed by atoms with Gasteiger partial charge in [0.1, 0.15) is 22.9 Å². The van der Waals surface area contributed by atoms with Gasteiger partial charge in [-0.15, -0.1) is 10.2 Å². The lowest BCUT2D eigenvalue weighted by Crippen LogP contribution is -2.33. The third-order valence-corrected chi connectivity index (χ3v) is 6.39. The summed E-state index contributed by atoms with van der Waals surface area (Å²) >= 11 is 0. The van der Waals surface area contributed by atoms with Crippen molar-refractivity contribution < 1.29 is 27.4 Å². The van der Waals surface area contributed by atoms with E-state index in [1.54, 1.807) is 66.7 Å². The first kappa shape index (κ1) is 25.6. The predicted molar refractivity (Wildman–Crippen MR) is 135 cm³/mol. The molecule has 2 aromatic heterocycles. The van der Waals surface area contributed by atoms with Gasteiger partial charge in [-0.1, -0.05) is 42.5 Å². The van der Waals surface area contributed by atoms with Gasteiger partial charge in [-0.05, 0) is 30.7 Å². The molecule has 0 fully saturated rings. The number of hydrogen-bond acceptors (Lipinski definition) is 9. The molecule has 192 valence electrons. The van der Waals surface area contributed by atoms with Crippen LogP contribution < -0.4 is 18.9 Å². The first-order chi connectivity index (χ1) is 17.9. The Bertz CT molecular complexity index is 1480. The summed E-state index contributed by atoms with van der Waals surface area (Å²) in [7, 11) is -1.14. The number of ether oxygens (including phenoxy) is 3. The van der Waals surface area contributed by atoms with Crippen molar-refractivity contribution in [3.8, 4) is 34.6 Å². The number of pyridine rings is 1. The molecular weight excluding hydrogens is 498 g/mol. The first-order valence-corrected chi connectivity index (χ1v) is 12.9. The van der Waals surface area contributed by atoms with E-state index < -0.39 is 21.7 Å². The van der Waals surface area contributed by atoms with Crippen molar-refractivity contribution in [2.45, 2.75) is 12.7 Å². The zero-order valence-electron chi connectivity index (χ0n) is 20.4. The Kier molecular flexibility index (Phi) is 7.68. The number of rotatable bonds is 10. The molecule has 4 rings (SSSR count). The van der Waals surface area contributed by atoms with Crippen LogP contribution in [0, 0.1) is 0 Å². The summed E-state index contributed by atoms with van der Waals surface area (Å²) in [5.74, 6) is -0.518. The molecule has 0 aliphatic rings. The van der Waals surface area contributed by atoms with Gasteiger partial charge < -0.3 is 14.2 Å². The highest BCUT2D eigenvalue weighted by Gasteiger charge is 2.29. The maximum Gasteiger partial charge on any atom is 0.303 e. The minimum absolute atomic E-state index is 0.148. The fourth-order valence-corrected chi connectivity index (χ4v) is 4.72. The molecule has 0 spiro atoms. The Morgan fingerprint density at radius 3 is 2.24 bits per heavy atom. The molecule has 0 atom stereocenters. The van der Waals surface area contributed by atoms with Crippen LogP contribution in [-0.2, 0) is 15.8 Å². The summed E-state index contributed by atoms with van der Waals surface area (Å²) in [6.45, 7) is 2.23. The lowest BCUT2D eigenvalue weighted by molar-refractivity contribution is 0.0969. The van der Waals surface area contributed by atoms with Crippen LogP contribution in [-0.4, -0.2) is 54.9 Å². The Hall–Kier alpha value is -4.45. The van der Waals surface area contributed by atoms with E-state index in [9.17, 15) is 13.2 Å². The minimum Gasteiger partial charge on any atom is -0.494 e. The highest BCUT2D eigenvalue weighted by molar-refractivity contribution is 7.89. The normalized spacial score (nSPS) is 11.1. The molecule has 0 saturated carbocycles. The first-order valence-electron chi connectivity index (χ1n) is 11.2. The van der Waals surface area contributed by atoms with Crippen molar-refractivity contribution in [1.29, 1.82) is 0 Å². The third-order valence-electron chi connectivity index (χ3n) is 5.18. The van der Waals surface area contributed by atoms with E-state index >= 15 is 0 Å². The maximum absolute atomic E-state index is 13.3. The smallest absolute Gasteiger partial charge is 0.303 e. The molecule has 0 aliphatic heterocycles. The number of benzene rings is 2. The molecule has 1 amide bonds. The fourth-order valence-electron chi connectivity index (χ4n) is 3.65. The molecule has 0 bridgehead atoms. The molecule has 0 aliphatic carbocycles. The van der Waals surface area contributed by atoms with Crippen LogP contribution in [0.3, 0.4) is 0 Å². The van der Waals surface area contributed by atoms with E-state index in [1.807, 2.05) is 6.92 Å². The highest BCUT2D eigenvalue weighted by Crippen LogP contribution is 2.36. The van der Waals surface area contributed by atoms with E-state index in [-0.39, 0.29) is 11.6 Å². The summed E-state index contributed by atoms with van der Waals surface area (Å²) in [6.07, 6.45) is 0. The second kappa shape index (κ2) is 11.1. The summed E-state index contributed by atoms with van der Waals surface area (Å²) in [5, 5.41) is 8.21. The number of carbonyl (C=O) groups is 1. The lowest BCUT2D eigenvalue weighted by Gasteiger charge is -2.17. The van der Waals surface area contributed by atoms with Crippen molar-refractivity contribution in [2.75, 3.05) is 20.8 Å². The van der Waals surface area contributed by atoms with Crippen molar-refractivity contribution in [2.24, 2.45) is 0 Å². The zero-order valence-corrected chi connectivity index (χ0v) is 21.2. The van der Waals surface area contributed by atoms with Gasteiger partial charge in [0.15, 0.2) is 5.82 Å². The number of hydrogen-bond donors (Lipinski definition) is 1.